The predicted molar refractivity (Wildman–Crippen MR) is 163 cm³/mol. The molecule has 218 valence electrons. The summed E-state index contributed by atoms with van der Waals surface area (Å²) in [5, 5.41) is 10.7. The minimum Gasteiger partial charge on any atom is -0.444 e. The first kappa shape index (κ1) is 29.9. The van der Waals surface area contributed by atoms with Crippen LogP contribution in [-0.4, -0.2) is 56.6 Å². The molecule has 0 aromatic carbocycles. The van der Waals surface area contributed by atoms with Gasteiger partial charge in [0.25, 0.3) is 5.91 Å². The van der Waals surface area contributed by atoms with Crippen LogP contribution in [0.15, 0.2) is 43.0 Å². The summed E-state index contributed by atoms with van der Waals surface area (Å²) in [6, 6.07) is 6.51. The molecule has 41 heavy (non-hydrogen) atoms. The number of aromatic nitrogens is 5. The van der Waals surface area contributed by atoms with E-state index in [0.29, 0.717) is 36.0 Å². The number of nitrogens with one attached hydrogen (secondary N) is 2. The van der Waals surface area contributed by atoms with Crippen LogP contribution in [0.1, 0.15) is 36.8 Å². The van der Waals surface area contributed by atoms with Crippen molar-refractivity contribution in [2.24, 2.45) is 7.05 Å². The molecule has 0 saturated carbocycles. The molecule has 0 saturated heterocycles. The van der Waals surface area contributed by atoms with E-state index in [9.17, 15) is 9.59 Å². The van der Waals surface area contributed by atoms with Crippen LogP contribution in [0.4, 0.5) is 16.2 Å². The van der Waals surface area contributed by atoms with Gasteiger partial charge in [0.1, 0.15) is 18.0 Å². The molecule has 12 heteroatoms. The Morgan fingerprint density at radius 1 is 1.02 bits per heavy atom. The largest absolute Gasteiger partial charge is 0.444 e. The molecule has 4 aromatic heterocycles. The van der Waals surface area contributed by atoms with E-state index < -0.39 is 19.8 Å². The topological polar surface area (TPSA) is 125 Å². The molecule has 0 unspecified atom stereocenters. The molecule has 0 radical (unpaired) electrons. The van der Waals surface area contributed by atoms with Crippen LogP contribution in [0.2, 0.25) is 25.7 Å². The van der Waals surface area contributed by atoms with Gasteiger partial charge in [-0.15, -0.1) is 0 Å². The summed E-state index contributed by atoms with van der Waals surface area (Å²) in [4.78, 5) is 34.4. The van der Waals surface area contributed by atoms with E-state index in [2.05, 4.69) is 45.3 Å². The highest BCUT2D eigenvalue weighted by atomic mass is 28.3. The van der Waals surface area contributed by atoms with E-state index in [1.807, 2.05) is 29.9 Å². The SMILES string of the molecule is Cc1ncc(NC(=O)OC(C)(C)C)cc1NC(=O)c1cnc2c(c1)cc(-c1cnn(C)c1)n2COCC[Si](C)(C)C. The molecule has 4 aromatic rings. The molecule has 11 nitrogen and oxygen atoms in total. The summed E-state index contributed by atoms with van der Waals surface area (Å²) in [5.41, 5.74) is 3.78. The van der Waals surface area contributed by atoms with Crippen molar-refractivity contribution in [2.75, 3.05) is 17.2 Å². The summed E-state index contributed by atoms with van der Waals surface area (Å²) in [6.07, 6.45) is 6.20. The van der Waals surface area contributed by atoms with Crippen molar-refractivity contribution in [3.63, 3.8) is 0 Å². The summed E-state index contributed by atoms with van der Waals surface area (Å²) in [7, 11) is 0.647. The number of ether oxygens (including phenoxy) is 2. The first-order valence-corrected chi connectivity index (χ1v) is 17.2. The number of carbonyl (C=O) groups excluding carboxylic acids is 2. The van der Waals surface area contributed by atoms with Gasteiger partial charge in [-0.25, -0.2) is 9.78 Å². The Bertz CT molecular complexity index is 1560. The van der Waals surface area contributed by atoms with E-state index >= 15 is 0 Å². The van der Waals surface area contributed by atoms with Crippen LogP contribution in [0.25, 0.3) is 22.3 Å². The number of nitrogens with zero attached hydrogens (tertiary/aromatic N) is 5. The molecule has 0 bridgehead atoms. The summed E-state index contributed by atoms with van der Waals surface area (Å²) < 4.78 is 15.1. The number of amides is 2. The van der Waals surface area contributed by atoms with Crippen molar-refractivity contribution < 1.29 is 19.1 Å². The highest BCUT2D eigenvalue weighted by Crippen LogP contribution is 2.28. The third-order valence-corrected chi connectivity index (χ3v) is 7.90. The Kier molecular flexibility index (Phi) is 8.64. The molecular formula is C29H39N7O4Si. The van der Waals surface area contributed by atoms with Crippen LogP contribution >= 0.6 is 0 Å². The maximum Gasteiger partial charge on any atom is 0.412 e. The molecule has 0 spiro atoms. The van der Waals surface area contributed by atoms with Crippen molar-refractivity contribution in [1.82, 2.24) is 24.3 Å². The number of pyridine rings is 2. The lowest BCUT2D eigenvalue weighted by Crippen LogP contribution is -2.27. The number of aryl methyl sites for hydroxylation is 2. The van der Waals surface area contributed by atoms with Crippen molar-refractivity contribution in [1.29, 1.82) is 0 Å². The van der Waals surface area contributed by atoms with Gasteiger partial charge < -0.3 is 19.4 Å². The van der Waals surface area contributed by atoms with Crippen molar-refractivity contribution >= 4 is 42.5 Å². The van der Waals surface area contributed by atoms with Gasteiger partial charge in [-0.3, -0.25) is 19.8 Å². The van der Waals surface area contributed by atoms with Crippen LogP contribution in [0.5, 0.6) is 0 Å². The normalized spacial score (nSPS) is 12.0. The zero-order chi connectivity index (χ0) is 29.9. The fourth-order valence-electron chi connectivity index (χ4n) is 4.07. The average Bonchev–Trinajstić information content (AvgIpc) is 3.44. The lowest BCUT2D eigenvalue weighted by atomic mass is 10.2. The van der Waals surface area contributed by atoms with E-state index in [4.69, 9.17) is 9.47 Å². The second-order valence-corrected chi connectivity index (χ2v) is 17.9. The summed E-state index contributed by atoms with van der Waals surface area (Å²) >= 11 is 0. The van der Waals surface area contributed by atoms with E-state index in [1.54, 1.807) is 50.8 Å². The number of fused-ring (bicyclic) bond motifs is 1. The van der Waals surface area contributed by atoms with Crippen LogP contribution in [0.3, 0.4) is 0 Å². The third-order valence-electron chi connectivity index (χ3n) is 6.19. The fourth-order valence-corrected chi connectivity index (χ4v) is 4.83. The predicted octanol–water partition coefficient (Wildman–Crippen LogP) is 6.05. The van der Waals surface area contributed by atoms with Crippen LogP contribution < -0.4 is 10.6 Å². The molecule has 2 N–H and O–H groups in total. The number of hydrogen-bond acceptors (Lipinski definition) is 7. The zero-order valence-corrected chi connectivity index (χ0v) is 26.0. The second kappa shape index (κ2) is 11.8. The van der Waals surface area contributed by atoms with E-state index in [0.717, 1.165) is 28.3 Å². The average molecular weight is 578 g/mol. The lowest BCUT2D eigenvalue weighted by Gasteiger charge is -2.20. The maximum atomic E-state index is 13.3. The second-order valence-electron chi connectivity index (χ2n) is 12.3. The zero-order valence-electron chi connectivity index (χ0n) is 25.0. The highest BCUT2D eigenvalue weighted by molar-refractivity contribution is 6.76. The molecule has 0 fully saturated rings. The first-order valence-electron chi connectivity index (χ1n) is 13.5. The molecule has 4 heterocycles. The van der Waals surface area contributed by atoms with Gasteiger partial charge >= 0.3 is 6.09 Å². The van der Waals surface area contributed by atoms with Gasteiger partial charge in [-0.2, -0.15) is 5.10 Å². The Labute approximate surface area is 241 Å². The Balaban J connectivity index is 1.57. The van der Waals surface area contributed by atoms with Gasteiger partial charge in [0.15, 0.2) is 0 Å². The number of hydrogen-bond donors (Lipinski definition) is 2. The third kappa shape index (κ3) is 8.01. The highest BCUT2D eigenvalue weighted by Gasteiger charge is 2.19. The molecule has 0 aliphatic carbocycles. The molecular weight excluding hydrogens is 538 g/mol. The van der Waals surface area contributed by atoms with Gasteiger partial charge in [-0.05, 0) is 51.9 Å². The Hall–Kier alpha value is -4.03. The number of anilines is 2. The monoisotopic (exact) mass is 577 g/mol. The molecule has 0 aliphatic heterocycles. The lowest BCUT2D eigenvalue weighted by molar-refractivity contribution is 0.0635. The van der Waals surface area contributed by atoms with Gasteiger partial charge in [0.2, 0.25) is 0 Å². The van der Waals surface area contributed by atoms with E-state index in [1.165, 1.54) is 6.20 Å². The van der Waals surface area contributed by atoms with Crippen LogP contribution in [-0.2, 0) is 23.3 Å². The Morgan fingerprint density at radius 3 is 2.44 bits per heavy atom. The van der Waals surface area contributed by atoms with Crippen molar-refractivity contribution in [3.05, 3.63) is 54.2 Å². The first-order chi connectivity index (χ1) is 19.2. The number of carbonyl (C=O) groups is 2. The molecule has 0 aliphatic rings. The quantitative estimate of drug-likeness (QED) is 0.183. The summed E-state index contributed by atoms with van der Waals surface area (Å²) in [5.74, 6) is -0.346. The van der Waals surface area contributed by atoms with Gasteiger partial charge in [0.05, 0.1) is 40.7 Å². The maximum absolute atomic E-state index is 13.3. The van der Waals surface area contributed by atoms with Crippen molar-refractivity contribution in [2.45, 2.75) is 65.7 Å². The Morgan fingerprint density at radius 2 is 1.78 bits per heavy atom. The van der Waals surface area contributed by atoms with Gasteiger partial charge in [0, 0.05) is 45.1 Å². The number of rotatable bonds is 9. The minimum absolute atomic E-state index is 0.346. The van der Waals surface area contributed by atoms with E-state index in [-0.39, 0.29) is 5.91 Å². The minimum atomic E-state index is -1.22. The smallest absolute Gasteiger partial charge is 0.412 e. The standard InChI is InChI=1S/C29H39N7O4Si/c1-19-24(13-23(16-30-19)33-28(38)40-29(2,3)4)34-27(37)21-11-20-12-25(22-15-32-35(5)17-22)36(26(20)31-14-21)18-39-9-10-41(6,7)8/h11-17H,9-10,18H2,1-8H3,(H,33,38)(H,34,37). The van der Waals surface area contributed by atoms with Crippen LogP contribution in [0, 0.1) is 6.92 Å². The fraction of sp³-hybridized carbons (Fsp3) is 0.414. The molecule has 2 amide bonds. The van der Waals surface area contributed by atoms with Crippen molar-refractivity contribution in [3.8, 4) is 11.3 Å². The summed E-state index contributed by atoms with van der Waals surface area (Å²) in [6.45, 7) is 15.1. The molecule has 0 atom stereocenters. The molecule has 4 rings (SSSR count). The van der Waals surface area contributed by atoms with Gasteiger partial charge in [-0.1, -0.05) is 19.6 Å².